The van der Waals surface area contributed by atoms with E-state index in [0.717, 1.165) is 41.8 Å². The molecule has 5 rings (SSSR count). The first-order valence-corrected chi connectivity index (χ1v) is 12.2. The van der Waals surface area contributed by atoms with E-state index in [1.807, 2.05) is 24.4 Å². The lowest BCUT2D eigenvalue weighted by Gasteiger charge is -2.40. The Balaban J connectivity index is 1.28. The van der Waals surface area contributed by atoms with E-state index < -0.39 is 0 Å². The molecule has 32 heavy (non-hydrogen) atoms. The maximum absolute atomic E-state index is 6.10. The minimum absolute atomic E-state index is 0.497. The van der Waals surface area contributed by atoms with Crippen molar-refractivity contribution in [2.75, 3.05) is 39.8 Å². The smallest absolute Gasteiger partial charge is 0.131 e. The number of rotatable bonds is 5. The van der Waals surface area contributed by atoms with E-state index in [-0.39, 0.29) is 0 Å². The van der Waals surface area contributed by atoms with Gasteiger partial charge in [-0.15, -0.1) is 0 Å². The maximum Gasteiger partial charge on any atom is 0.131 e. The second-order valence-corrected chi connectivity index (χ2v) is 9.22. The van der Waals surface area contributed by atoms with Crippen LogP contribution in [0.3, 0.4) is 0 Å². The van der Waals surface area contributed by atoms with Gasteiger partial charge >= 0.3 is 0 Å². The summed E-state index contributed by atoms with van der Waals surface area (Å²) in [6.07, 6.45) is 12.1. The van der Waals surface area contributed by atoms with Gasteiger partial charge in [0.1, 0.15) is 18.1 Å². The first-order chi connectivity index (χ1) is 15.8. The Labute approximate surface area is 192 Å². The summed E-state index contributed by atoms with van der Waals surface area (Å²) in [4.78, 5) is 9.99. The lowest BCUT2D eigenvalue weighted by Crippen LogP contribution is -2.46. The van der Waals surface area contributed by atoms with Gasteiger partial charge in [0, 0.05) is 29.9 Å². The van der Waals surface area contributed by atoms with E-state index >= 15 is 0 Å². The van der Waals surface area contributed by atoms with Gasteiger partial charge in [-0.2, -0.15) is 0 Å². The fraction of sp³-hybridized carbons (Fsp3) is 0.519. The number of likely N-dealkylation sites (tertiary alicyclic amines) is 2. The van der Waals surface area contributed by atoms with Crippen LogP contribution in [0.2, 0.25) is 0 Å². The Morgan fingerprint density at radius 3 is 2.72 bits per heavy atom. The average Bonchev–Trinajstić information content (AvgIpc) is 3.01. The van der Waals surface area contributed by atoms with Crippen molar-refractivity contribution in [3.05, 3.63) is 59.4 Å². The van der Waals surface area contributed by atoms with Crippen LogP contribution >= 0.6 is 0 Å². The Hall–Kier alpha value is -2.37. The molecule has 0 atom stereocenters. The number of piperidine rings is 2. The Morgan fingerprint density at radius 2 is 1.91 bits per heavy atom. The fourth-order valence-electron chi connectivity index (χ4n) is 5.46. The number of methoxy groups -OCH3 is 1. The molecule has 0 bridgehead atoms. The number of ether oxygens (including phenoxy) is 2. The summed E-state index contributed by atoms with van der Waals surface area (Å²) in [5, 5.41) is 0. The summed E-state index contributed by atoms with van der Waals surface area (Å²) in [5.74, 6) is 1.75. The Morgan fingerprint density at radius 1 is 1.06 bits per heavy atom. The van der Waals surface area contributed by atoms with Crippen molar-refractivity contribution in [2.45, 2.75) is 51.2 Å². The monoisotopic (exact) mass is 433 g/mol. The van der Waals surface area contributed by atoms with Gasteiger partial charge in [-0.3, -0.25) is 4.98 Å². The van der Waals surface area contributed by atoms with Gasteiger partial charge in [0.05, 0.1) is 12.8 Å². The molecule has 0 unspecified atom stereocenters. The highest BCUT2D eigenvalue weighted by Gasteiger charge is 2.25. The molecule has 0 spiro atoms. The van der Waals surface area contributed by atoms with Gasteiger partial charge in [-0.05, 0) is 88.1 Å². The van der Waals surface area contributed by atoms with Gasteiger partial charge in [-0.1, -0.05) is 18.6 Å². The van der Waals surface area contributed by atoms with Crippen molar-refractivity contribution in [1.29, 1.82) is 0 Å². The molecule has 0 N–H and O–H groups in total. The number of pyridine rings is 1. The zero-order valence-electron chi connectivity index (χ0n) is 19.3. The molecule has 3 aliphatic heterocycles. The number of hydrogen-bond donors (Lipinski definition) is 0. The summed E-state index contributed by atoms with van der Waals surface area (Å²) >= 11 is 0. The third-order valence-electron chi connectivity index (χ3n) is 7.28. The molecule has 0 saturated carbocycles. The average molecular weight is 434 g/mol. The Kier molecular flexibility index (Phi) is 6.75. The summed E-state index contributed by atoms with van der Waals surface area (Å²) in [5.41, 5.74) is 4.47. The van der Waals surface area contributed by atoms with Crippen LogP contribution in [0.4, 0.5) is 0 Å². The van der Waals surface area contributed by atoms with Crippen LogP contribution in [0.25, 0.3) is 5.57 Å². The predicted molar refractivity (Wildman–Crippen MR) is 128 cm³/mol. The van der Waals surface area contributed by atoms with Crippen molar-refractivity contribution < 1.29 is 9.47 Å². The van der Waals surface area contributed by atoms with E-state index in [2.05, 4.69) is 33.0 Å². The van der Waals surface area contributed by atoms with Crippen LogP contribution in [0.5, 0.6) is 11.5 Å². The van der Waals surface area contributed by atoms with E-state index in [0.29, 0.717) is 6.61 Å². The molecule has 2 fully saturated rings. The molecule has 0 amide bonds. The first kappa shape index (κ1) is 21.5. The van der Waals surface area contributed by atoms with E-state index in [4.69, 9.17) is 9.47 Å². The van der Waals surface area contributed by atoms with Crippen molar-refractivity contribution in [3.8, 4) is 11.5 Å². The zero-order valence-corrected chi connectivity index (χ0v) is 19.3. The molecule has 3 aliphatic rings. The van der Waals surface area contributed by atoms with Gasteiger partial charge in [0.15, 0.2) is 0 Å². The molecule has 4 heterocycles. The molecule has 1 aromatic heterocycles. The zero-order chi connectivity index (χ0) is 21.8. The maximum atomic E-state index is 6.10. The van der Waals surface area contributed by atoms with E-state index in [1.54, 1.807) is 7.11 Å². The molecule has 5 nitrogen and oxygen atoms in total. The highest BCUT2D eigenvalue weighted by atomic mass is 16.5. The molecule has 0 radical (unpaired) electrons. The molecular formula is C27H35N3O2. The van der Waals surface area contributed by atoms with Gasteiger partial charge < -0.3 is 19.3 Å². The number of aromatic nitrogens is 1. The largest absolute Gasteiger partial charge is 0.497 e. The third kappa shape index (κ3) is 4.69. The minimum atomic E-state index is 0.497. The number of nitrogens with zero attached hydrogens (tertiary/aromatic N) is 3. The highest BCUT2D eigenvalue weighted by molar-refractivity contribution is 5.85. The quantitative estimate of drug-likeness (QED) is 0.680. The Bertz CT molecular complexity index is 944. The predicted octanol–water partition coefficient (Wildman–Crippen LogP) is 4.75. The summed E-state index contributed by atoms with van der Waals surface area (Å²) in [6, 6.07) is 11.1. The van der Waals surface area contributed by atoms with Crippen LogP contribution in [-0.2, 0) is 6.61 Å². The normalized spacial score (nSPS) is 21.5. The topological polar surface area (TPSA) is 37.8 Å². The second kappa shape index (κ2) is 10.1. The molecular weight excluding hydrogens is 398 g/mol. The minimum Gasteiger partial charge on any atom is -0.497 e. The van der Waals surface area contributed by atoms with Gasteiger partial charge in [0.2, 0.25) is 0 Å². The SMILES string of the molecule is COc1ccc2c(c1)C(=CCCN1CCC(N3CCCCC3)CC1)c1cccnc1CO2. The summed E-state index contributed by atoms with van der Waals surface area (Å²) < 4.78 is 11.6. The van der Waals surface area contributed by atoms with Crippen LogP contribution < -0.4 is 9.47 Å². The molecule has 1 aromatic carbocycles. The molecule has 2 saturated heterocycles. The van der Waals surface area contributed by atoms with Crippen molar-refractivity contribution in [3.63, 3.8) is 0 Å². The van der Waals surface area contributed by atoms with Crippen LogP contribution in [0, 0.1) is 0 Å². The van der Waals surface area contributed by atoms with Crippen molar-refractivity contribution in [2.24, 2.45) is 0 Å². The van der Waals surface area contributed by atoms with Gasteiger partial charge in [0.25, 0.3) is 0 Å². The number of benzene rings is 1. The molecule has 2 aromatic rings. The molecule has 0 aliphatic carbocycles. The van der Waals surface area contributed by atoms with Crippen LogP contribution in [-0.4, -0.2) is 60.7 Å². The first-order valence-electron chi connectivity index (χ1n) is 12.2. The molecule has 5 heteroatoms. The van der Waals surface area contributed by atoms with E-state index in [9.17, 15) is 0 Å². The van der Waals surface area contributed by atoms with Crippen molar-refractivity contribution in [1.82, 2.24) is 14.8 Å². The lowest BCUT2D eigenvalue weighted by molar-refractivity contribution is 0.0934. The molecule has 170 valence electrons. The number of hydrogen-bond acceptors (Lipinski definition) is 5. The van der Waals surface area contributed by atoms with Crippen LogP contribution in [0.15, 0.2) is 42.6 Å². The highest BCUT2D eigenvalue weighted by Crippen LogP contribution is 2.38. The second-order valence-electron chi connectivity index (χ2n) is 9.22. The standard InChI is InChI=1S/C27H35N3O2/c1-31-22-9-10-27-25(19-22)23(24-7-5-13-28-26(24)20-32-27)8-6-14-29-17-11-21(12-18-29)30-15-3-2-4-16-30/h5,7-10,13,19,21H,2-4,6,11-12,14-18,20H2,1H3. The van der Waals surface area contributed by atoms with Gasteiger partial charge in [-0.25, -0.2) is 0 Å². The fourth-order valence-corrected chi connectivity index (χ4v) is 5.46. The van der Waals surface area contributed by atoms with E-state index in [1.165, 1.54) is 69.4 Å². The third-order valence-corrected chi connectivity index (χ3v) is 7.28. The lowest BCUT2D eigenvalue weighted by atomic mass is 9.95. The summed E-state index contributed by atoms with van der Waals surface area (Å²) in [7, 11) is 1.71. The van der Waals surface area contributed by atoms with Crippen LogP contribution in [0.1, 0.15) is 55.3 Å². The van der Waals surface area contributed by atoms with Crippen molar-refractivity contribution >= 4 is 5.57 Å². The number of fused-ring (bicyclic) bond motifs is 2. The summed E-state index contributed by atoms with van der Waals surface area (Å²) in [6.45, 7) is 6.67.